The number of aromatic nitrogens is 1. The Labute approximate surface area is 208 Å². The summed E-state index contributed by atoms with van der Waals surface area (Å²) >= 11 is 1.41. The van der Waals surface area contributed by atoms with Gasteiger partial charge >= 0.3 is 0 Å². The molecule has 6 rings (SSSR count). The highest BCUT2D eigenvalue weighted by Gasteiger charge is 2.58. The average molecular weight is 493 g/mol. The van der Waals surface area contributed by atoms with Crippen LogP contribution in [0.4, 0.5) is 5.00 Å². The Kier molecular flexibility index (Phi) is 5.82. The summed E-state index contributed by atoms with van der Waals surface area (Å²) in [4.78, 5) is 34.6. The molecule has 0 N–H and O–H groups in total. The molecular formula is C27H28N2O5S. The Morgan fingerprint density at radius 2 is 1.97 bits per heavy atom. The molecule has 1 aromatic carbocycles. The number of carbonyl (C=O) groups excluding carboxylic acids is 2. The summed E-state index contributed by atoms with van der Waals surface area (Å²) in [6.07, 6.45) is 6.63. The quantitative estimate of drug-likeness (QED) is 0.432. The molecular weight excluding hydrogens is 464 g/mol. The summed E-state index contributed by atoms with van der Waals surface area (Å²) in [7, 11) is 0. The molecule has 35 heavy (non-hydrogen) atoms. The molecule has 3 aliphatic rings. The number of thiophene rings is 1. The Bertz CT molecular complexity index is 1230. The molecule has 1 atom stereocenters. The van der Waals surface area contributed by atoms with Gasteiger partial charge in [-0.15, -0.1) is 11.3 Å². The van der Waals surface area contributed by atoms with Crippen LogP contribution in [-0.4, -0.2) is 42.5 Å². The molecule has 0 radical (unpaired) electrons. The van der Waals surface area contributed by atoms with Gasteiger partial charge in [0.05, 0.1) is 29.3 Å². The van der Waals surface area contributed by atoms with Crippen molar-refractivity contribution in [2.24, 2.45) is 5.41 Å². The molecule has 1 spiro atoms. The number of benzene rings is 1. The van der Waals surface area contributed by atoms with Crippen LogP contribution in [0.2, 0.25) is 0 Å². The smallest absolute Gasteiger partial charge is 0.241 e. The van der Waals surface area contributed by atoms with Crippen molar-refractivity contribution in [3.8, 4) is 10.8 Å². The van der Waals surface area contributed by atoms with Crippen molar-refractivity contribution in [3.63, 3.8) is 0 Å². The van der Waals surface area contributed by atoms with Crippen LogP contribution >= 0.6 is 11.3 Å². The summed E-state index contributed by atoms with van der Waals surface area (Å²) in [5.74, 6) is 0.328. The van der Waals surface area contributed by atoms with Gasteiger partial charge in [-0.25, -0.2) is 4.98 Å². The lowest BCUT2D eigenvalue weighted by molar-refractivity contribution is -0.131. The predicted molar refractivity (Wildman–Crippen MR) is 132 cm³/mol. The van der Waals surface area contributed by atoms with Crippen LogP contribution < -0.4 is 4.90 Å². The highest BCUT2D eigenvalue weighted by molar-refractivity contribution is 7.20. The first-order valence-corrected chi connectivity index (χ1v) is 13.1. The number of ketones is 1. The third kappa shape index (κ3) is 3.75. The molecule has 4 heterocycles. The van der Waals surface area contributed by atoms with Crippen LogP contribution in [0.15, 0.2) is 47.2 Å². The van der Waals surface area contributed by atoms with Crippen LogP contribution in [0.1, 0.15) is 59.7 Å². The largest absolute Gasteiger partial charge is 0.444 e. The summed E-state index contributed by atoms with van der Waals surface area (Å²) < 4.78 is 17.7. The first kappa shape index (κ1) is 22.6. The van der Waals surface area contributed by atoms with E-state index in [4.69, 9.17) is 13.9 Å². The van der Waals surface area contributed by atoms with Crippen molar-refractivity contribution in [1.29, 1.82) is 0 Å². The number of fused-ring (bicyclic) bond motifs is 1. The van der Waals surface area contributed by atoms with E-state index < -0.39 is 5.41 Å². The van der Waals surface area contributed by atoms with Crippen molar-refractivity contribution in [2.45, 2.75) is 51.2 Å². The Hall–Kier alpha value is -2.81. The second-order valence-electron chi connectivity index (χ2n) is 9.60. The number of amides is 1. The number of anilines is 1. The molecule has 1 amide bonds. The normalized spacial score (nSPS) is 20.7. The molecule has 182 valence electrons. The minimum Gasteiger partial charge on any atom is -0.444 e. The molecule has 3 aromatic rings. The SMILES string of the molecule is Cc1c(-c2ncco2)sc2c1C(=O)C1(CCC1)C(=O)N2CC(OC1CCOCC1)c1ccccc1. The lowest BCUT2D eigenvalue weighted by Crippen LogP contribution is -2.57. The van der Waals surface area contributed by atoms with Gasteiger partial charge in [-0.2, -0.15) is 0 Å². The van der Waals surface area contributed by atoms with E-state index in [-0.39, 0.29) is 23.9 Å². The van der Waals surface area contributed by atoms with Gasteiger partial charge in [0.25, 0.3) is 0 Å². The van der Waals surface area contributed by atoms with Gasteiger partial charge in [0.1, 0.15) is 22.8 Å². The maximum absolute atomic E-state index is 14.0. The van der Waals surface area contributed by atoms with Crippen molar-refractivity contribution in [1.82, 2.24) is 4.98 Å². The number of rotatable bonds is 6. The molecule has 1 unspecified atom stereocenters. The van der Waals surface area contributed by atoms with Gasteiger partial charge in [0.15, 0.2) is 5.78 Å². The predicted octanol–water partition coefficient (Wildman–Crippen LogP) is 5.35. The van der Waals surface area contributed by atoms with E-state index in [1.54, 1.807) is 6.20 Å². The topological polar surface area (TPSA) is 81.9 Å². The van der Waals surface area contributed by atoms with E-state index >= 15 is 0 Å². The standard InChI is InChI=1S/C27H28N2O5S/c1-17-21-23(30)27(10-5-11-27)26(31)29(25(21)35-22(17)24-28-12-15-33-24)16-20(18-6-3-2-4-7-18)34-19-8-13-32-14-9-19/h2-4,6-7,12,15,19-20H,5,8-11,13-14,16H2,1H3. The second-order valence-corrected chi connectivity index (χ2v) is 10.6. The number of hydrogen-bond acceptors (Lipinski definition) is 7. The number of carbonyl (C=O) groups is 2. The van der Waals surface area contributed by atoms with E-state index in [2.05, 4.69) is 4.98 Å². The number of nitrogens with zero attached hydrogens (tertiary/aromatic N) is 2. The maximum Gasteiger partial charge on any atom is 0.241 e. The fourth-order valence-corrected chi connectivity index (χ4v) is 6.68. The zero-order valence-corrected chi connectivity index (χ0v) is 20.5. The van der Waals surface area contributed by atoms with E-state index in [1.165, 1.54) is 17.6 Å². The van der Waals surface area contributed by atoms with Crippen molar-refractivity contribution in [3.05, 3.63) is 59.5 Å². The first-order valence-electron chi connectivity index (χ1n) is 12.3. The lowest BCUT2D eigenvalue weighted by atomic mass is 9.62. The molecule has 1 saturated heterocycles. The first-order chi connectivity index (χ1) is 17.1. The van der Waals surface area contributed by atoms with E-state index in [1.807, 2.05) is 42.2 Å². The van der Waals surface area contributed by atoms with Crippen LogP contribution in [0.3, 0.4) is 0 Å². The third-order valence-corrected chi connectivity index (χ3v) is 8.87. The number of hydrogen-bond donors (Lipinski definition) is 0. The highest BCUT2D eigenvalue weighted by Crippen LogP contribution is 2.55. The van der Waals surface area contributed by atoms with Gasteiger partial charge < -0.3 is 13.9 Å². The summed E-state index contributed by atoms with van der Waals surface area (Å²) in [6, 6.07) is 10.0. The molecule has 1 saturated carbocycles. The minimum atomic E-state index is -0.952. The Morgan fingerprint density at radius 3 is 2.63 bits per heavy atom. The van der Waals surface area contributed by atoms with Gasteiger partial charge in [-0.3, -0.25) is 14.5 Å². The Morgan fingerprint density at radius 1 is 1.20 bits per heavy atom. The summed E-state index contributed by atoms with van der Waals surface area (Å²) in [5.41, 5.74) is 1.55. The molecule has 1 aliphatic carbocycles. The molecule has 2 aliphatic heterocycles. The van der Waals surface area contributed by atoms with Gasteiger partial charge in [0.2, 0.25) is 11.8 Å². The lowest BCUT2D eigenvalue weighted by Gasteiger charge is -2.46. The maximum atomic E-state index is 14.0. The molecule has 8 heteroatoms. The minimum absolute atomic E-state index is 0.0480. The molecule has 2 aromatic heterocycles. The molecule has 0 bridgehead atoms. The van der Waals surface area contributed by atoms with Crippen molar-refractivity contribution < 1.29 is 23.5 Å². The van der Waals surface area contributed by atoms with E-state index in [0.717, 1.165) is 35.3 Å². The summed E-state index contributed by atoms with van der Waals surface area (Å²) in [5, 5.41) is 0.680. The summed E-state index contributed by atoms with van der Waals surface area (Å²) in [6.45, 7) is 3.65. The number of oxazole rings is 1. The zero-order chi connectivity index (χ0) is 24.0. The second kappa shape index (κ2) is 9.00. The molecule has 2 fully saturated rings. The van der Waals surface area contributed by atoms with Gasteiger partial charge in [-0.05, 0) is 43.7 Å². The van der Waals surface area contributed by atoms with Crippen molar-refractivity contribution in [2.75, 3.05) is 24.7 Å². The van der Waals surface area contributed by atoms with Crippen LogP contribution in [-0.2, 0) is 14.3 Å². The Balaban J connectivity index is 1.41. The van der Waals surface area contributed by atoms with Crippen molar-refractivity contribution >= 4 is 28.0 Å². The van der Waals surface area contributed by atoms with Gasteiger partial charge in [-0.1, -0.05) is 36.8 Å². The van der Waals surface area contributed by atoms with Crippen LogP contribution in [0.25, 0.3) is 10.8 Å². The average Bonchev–Trinajstić information content (AvgIpc) is 3.49. The number of Topliss-reactive ketones (excluding diaryl/α,β-unsaturated/α-hetero) is 1. The zero-order valence-electron chi connectivity index (χ0n) is 19.7. The molecule has 7 nitrogen and oxygen atoms in total. The monoisotopic (exact) mass is 492 g/mol. The fourth-order valence-electron chi connectivity index (χ4n) is 5.42. The fraction of sp³-hybridized carbons (Fsp3) is 0.444. The van der Waals surface area contributed by atoms with Gasteiger partial charge in [0, 0.05) is 13.2 Å². The number of ether oxygens (including phenoxy) is 2. The highest BCUT2D eigenvalue weighted by atomic mass is 32.1. The third-order valence-electron chi connectivity index (χ3n) is 7.57. The van der Waals surface area contributed by atoms with Crippen LogP contribution in [0, 0.1) is 12.3 Å². The van der Waals surface area contributed by atoms with Crippen LogP contribution in [0.5, 0.6) is 0 Å². The van der Waals surface area contributed by atoms with E-state index in [0.29, 0.717) is 49.1 Å². The van der Waals surface area contributed by atoms with E-state index in [9.17, 15) is 9.59 Å².